The van der Waals surface area contributed by atoms with Crippen molar-refractivity contribution in [2.75, 3.05) is 7.11 Å². The Balaban J connectivity index is 2.75. The van der Waals surface area contributed by atoms with E-state index in [1.54, 1.807) is 0 Å². The van der Waals surface area contributed by atoms with Crippen molar-refractivity contribution in [1.82, 2.24) is 0 Å². The molecule has 38 valence electrons. The summed E-state index contributed by atoms with van der Waals surface area (Å²) in [6.07, 6.45) is 0. The van der Waals surface area contributed by atoms with Crippen molar-refractivity contribution in [3.63, 3.8) is 0 Å². The van der Waals surface area contributed by atoms with Crippen LogP contribution in [-0.4, -0.2) is 17.3 Å². The smallest absolute Gasteiger partial charge is 0.326 e. The maximum atomic E-state index is 8.04. The van der Waals surface area contributed by atoms with Gasteiger partial charge in [-0.2, -0.15) is 4.67 Å². The van der Waals surface area contributed by atoms with Crippen LogP contribution in [0.3, 0.4) is 0 Å². The van der Waals surface area contributed by atoms with Crippen molar-refractivity contribution in [3.05, 3.63) is 0 Å². The summed E-state index contributed by atoms with van der Waals surface area (Å²) in [4.78, 5) is 8.04. The Morgan fingerprint density at radius 1 is 1.67 bits per heavy atom. The van der Waals surface area contributed by atoms with E-state index in [0.717, 1.165) is 0 Å². The Labute approximate surface area is 36.2 Å². The Morgan fingerprint density at radius 2 is 2.17 bits per heavy atom. The van der Waals surface area contributed by atoms with Gasteiger partial charge in [-0.05, 0) is 0 Å². The lowest BCUT2D eigenvalue weighted by Crippen LogP contribution is -1.76. The van der Waals surface area contributed by atoms with Gasteiger partial charge in [-0.25, -0.2) is 5.26 Å². The van der Waals surface area contributed by atoms with Crippen LogP contribution in [0.2, 0.25) is 0 Å². The standard InChI is InChI=1S/CH5O4P/c1-4-6(3)5-2/h2-3H,1H3. The molecule has 0 rings (SSSR count). The Hall–Kier alpha value is 0.270. The molecular formula is CH5O4P. The monoisotopic (exact) mass is 112 g/mol. The zero-order chi connectivity index (χ0) is 4.99. The SMILES string of the molecule is COP(O)OO. The quantitative estimate of drug-likeness (QED) is 0.307. The fraction of sp³-hybridized carbons (Fsp3) is 1.00. The second-order valence-electron chi connectivity index (χ2n) is 0.502. The topological polar surface area (TPSA) is 58.9 Å². The molecule has 0 saturated carbocycles. The third kappa shape index (κ3) is 2.50. The molecule has 2 N–H and O–H groups in total. The molecule has 0 aromatic heterocycles. The van der Waals surface area contributed by atoms with E-state index in [0.29, 0.717) is 0 Å². The van der Waals surface area contributed by atoms with E-state index >= 15 is 0 Å². The van der Waals surface area contributed by atoms with Crippen LogP contribution in [0.25, 0.3) is 0 Å². The van der Waals surface area contributed by atoms with Gasteiger partial charge in [0.1, 0.15) is 0 Å². The van der Waals surface area contributed by atoms with Crippen LogP contribution >= 0.6 is 8.60 Å². The first-order valence-corrected chi connectivity index (χ1v) is 2.29. The van der Waals surface area contributed by atoms with Crippen LogP contribution in [-0.2, 0) is 9.20 Å². The van der Waals surface area contributed by atoms with Gasteiger partial charge in [0.05, 0.1) is 0 Å². The second kappa shape index (κ2) is 3.46. The summed E-state index contributed by atoms with van der Waals surface area (Å²) in [7, 11) is -0.796. The minimum Gasteiger partial charge on any atom is -0.326 e. The highest BCUT2D eigenvalue weighted by atomic mass is 31.2. The van der Waals surface area contributed by atoms with Crippen LogP contribution < -0.4 is 0 Å². The fourth-order valence-corrected chi connectivity index (χ4v) is 0.100. The van der Waals surface area contributed by atoms with Crippen molar-refractivity contribution in [3.8, 4) is 0 Å². The predicted octanol–water partition coefficient (Wildman–Crippen LogP) is 0.342. The summed E-state index contributed by atoms with van der Waals surface area (Å²) in [6.45, 7) is 0. The maximum absolute atomic E-state index is 8.04. The fourth-order valence-electron chi connectivity index (χ4n) is 0.0333. The molecule has 0 aliphatic rings. The van der Waals surface area contributed by atoms with E-state index in [1.165, 1.54) is 7.11 Å². The molecule has 5 heteroatoms. The van der Waals surface area contributed by atoms with Gasteiger partial charge >= 0.3 is 8.60 Å². The van der Waals surface area contributed by atoms with Crippen LogP contribution in [0.15, 0.2) is 0 Å². The number of hydrogen-bond acceptors (Lipinski definition) is 4. The van der Waals surface area contributed by atoms with E-state index in [9.17, 15) is 0 Å². The molecule has 0 radical (unpaired) electrons. The molecule has 0 bridgehead atoms. The van der Waals surface area contributed by atoms with E-state index in [4.69, 9.17) is 10.2 Å². The highest BCUT2D eigenvalue weighted by molar-refractivity contribution is 7.40. The van der Waals surface area contributed by atoms with E-state index in [1.807, 2.05) is 0 Å². The number of hydrogen-bond donors (Lipinski definition) is 2. The lowest BCUT2D eigenvalue weighted by Gasteiger charge is -1.95. The van der Waals surface area contributed by atoms with Gasteiger partial charge in [0.2, 0.25) is 0 Å². The predicted molar refractivity (Wildman–Crippen MR) is 19.9 cm³/mol. The molecule has 0 aliphatic carbocycles. The molecule has 0 aromatic rings. The molecule has 4 nitrogen and oxygen atoms in total. The van der Waals surface area contributed by atoms with Gasteiger partial charge in [-0.3, -0.25) is 0 Å². The minimum atomic E-state index is -2.02. The van der Waals surface area contributed by atoms with Crippen molar-refractivity contribution in [2.45, 2.75) is 0 Å². The summed E-state index contributed by atoms with van der Waals surface area (Å²) < 4.78 is 7.34. The van der Waals surface area contributed by atoms with E-state index in [2.05, 4.69) is 9.20 Å². The molecule has 0 saturated heterocycles. The van der Waals surface area contributed by atoms with Gasteiger partial charge in [0, 0.05) is 7.11 Å². The van der Waals surface area contributed by atoms with E-state index in [-0.39, 0.29) is 0 Å². The van der Waals surface area contributed by atoms with Gasteiger partial charge in [-0.15, -0.1) is 0 Å². The van der Waals surface area contributed by atoms with Gasteiger partial charge in [0.25, 0.3) is 0 Å². The summed E-state index contributed by atoms with van der Waals surface area (Å²) in [5, 5.41) is 7.49. The molecule has 1 unspecified atom stereocenters. The van der Waals surface area contributed by atoms with Gasteiger partial charge in [-0.1, -0.05) is 0 Å². The summed E-state index contributed by atoms with van der Waals surface area (Å²) in [6, 6.07) is 0. The van der Waals surface area contributed by atoms with E-state index < -0.39 is 8.60 Å². The first-order valence-electron chi connectivity index (χ1n) is 1.16. The molecule has 6 heavy (non-hydrogen) atoms. The molecular weight excluding hydrogens is 107 g/mol. The maximum Gasteiger partial charge on any atom is 0.359 e. The highest BCUT2D eigenvalue weighted by Gasteiger charge is 1.97. The Bertz CT molecular complexity index is 26.7. The molecule has 1 atom stereocenters. The average molecular weight is 112 g/mol. The summed E-state index contributed by atoms with van der Waals surface area (Å²) in [5.41, 5.74) is 0. The van der Waals surface area contributed by atoms with Crippen molar-refractivity contribution in [1.29, 1.82) is 0 Å². The van der Waals surface area contributed by atoms with Crippen LogP contribution in [0.1, 0.15) is 0 Å². The Kier molecular flexibility index (Phi) is 3.62. The third-order valence-electron chi connectivity index (χ3n) is 0.226. The van der Waals surface area contributed by atoms with Gasteiger partial charge in [0.15, 0.2) is 0 Å². The lowest BCUT2D eigenvalue weighted by atomic mass is 11.8. The molecule has 0 aromatic carbocycles. The largest absolute Gasteiger partial charge is 0.359 e. The number of rotatable bonds is 2. The lowest BCUT2D eigenvalue weighted by molar-refractivity contribution is -0.148. The first kappa shape index (κ1) is 6.27. The highest BCUT2D eigenvalue weighted by Crippen LogP contribution is 2.28. The summed E-state index contributed by atoms with van der Waals surface area (Å²) in [5.74, 6) is 0. The second-order valence-corrected chi connectivity index (χ2v) is 1.51. The van der Waals surface area contributed by atoms with Crippen molar-refractivity contribution >= 4 is 8.60 Å². The first-order chi connectivity index (χ1) is 2.81. The van der Waals surface area contributed by atoms with Crippen LogP contribution in [0, 0.1) is 0 Å². The Morgan fingerprint density at radius 3 is 2.17 bits per heavy atom. The normalized spacial score (nSPS) is 14.5. The zero-order valence-electron chi connectivity index (χ0n) is 3.16. The zero-order valence-corrected chi connectivity index (χ0v) is 4.05. The average Bonchev–Trinajstić information content (AvgIpc) is 1.65. The van der Waals surface area contributed by atoms with Crippen molar-refractivity contribution < 1.29 is 19.3 Å². The van der Waals surface area contributed by atoms with Crippen LogP contribution in [0.4, 0.5) is 0 Å². The van der Waals surface area contributed by atoms with Gasteiger partial charge < -0.3 is 9.42 Å². The van der Waals surface area contributed by atoms with Crippen molar-refractivity contribution in [2.24, 2.45) is 0 Å². The third-order valence-corrected chi connectivity index (χ3v) is 0.678. The molecule has 0 spiro atoms. The molecule has 0 aliphatic heterocycles. The summed E-state index contributed by atoms with van der Waals surface area (Å²) >= 11 is 0. The molecule has 0 heterocycles. The molecule has 0 fully saturated rings. The minimum absolute atomic E-state index is 1.22. The molecule has 0 amide bonds. The van der Waals surface area contributed by atoms with Crippen LogP contribution in [0.5, 0.6) is 0 Å².